The van der Waals surface area contributed by atoms with Crippen molar-refractivity contribution in [1.29, 1.82) is 0 Å². The molecule has 0 aromatic heterocycles. The third-order valence-electron chi connectivity index (χ3n) is 2.26. The molecule has 0 aromatic carbocycles. The highest BCUT2D eigenvalue weighted by Crippen LogP contribution is 2.06. The van der Waals surface area contributed by atoms with E-state index in [9.17, 15) is 4.79 Å². The maximum Gasteiger partial charge on any atom is 0.298 e. The van der Waals surface area contributed by atoms with Crippen molar-refractivity contribution in [2.45, 2.75) is 32.9 Å². The first kappa shape index (κ1) is 10.1. The maximum absolute atomic E-state index is 11.5. The summed E-state index contributed by atoms with van der Waals surface area (Å²) >= 11 is 0. The van der Waals surface area contributed by atoms with Crippen molar-refractivity contribution in [3.8, 4) is 11.8 Å². The summed E-state index contributed by atoms with van der Waals surface area (Å²) in [5, 5.41) is 3.32. The monoisotopic (exact) mass is 180 g/mol. The first-order valence-corrected chi connectivity index (χ1v) is 4.62. The third-order valence-corrected chi connectivity index (χ3v) is 2.26. The lowest BCUT2D eigenvalue weighted by atomic mass is 10.1. The number of carbonyl (C=O) groups excluding carboxylic acids is 1. The quantitative estimate of drug-likeness (QED) is 0.541. The molecule has 72 valence electrons. The summed E-state index contributed by atoms with van der Waals surface area (Å²) in [5.74, 6) is 5.16. The van der Waals surface area contributed by atoms with Crippen LogP contribution >= 0.6 is 0 Å². The van der Waals surface area contributed by atoms with E-state index >= 15 is 0 Å². The zero-order valence-corrected chi connectivity index (χ0v) is 8.42. The van der Waals surface area contributed by atoms with Crippen LogP contribution < -0.4 is 5.32 Å². The summed E-state index contributed by atoms with van der Waals surface area (Å²) < 4.78 is 0. The minimum absolute atomic E-state index is 0.0525. The zero-order valence-electron chi connectivity index (χ0n) is 8.42. The molecule has 3 nitrogen and oxygen atoms in total. The van der Waals surface area contributed by atoms with E-state index in [0.29, 0.717) is 6.04 Å². The predicted molar refractivity (Wildman–Crippen MR) is 52.1 cm³/mol. The number of hydrogen-bond acceptors (Lipinski definition) is 2. The molecule has 2 atom stereocenters. The maximum atomic E-state index is 11.5. The normalized spacial score (nSPS) is 27.8. The van der Waals surface area contributed by atoms with Gasteiger partial charge >= 0.3 is 0 Å². The third kappa shape index (κ3) is 2.46. The van der Waals surface area contributed by atoms with E-state index in [2.05, 4.69) is 24.1 Å². The molecular formula is C10H16N2O. The number of carbonyl (C=O) groups is 1. The Hall–Kier alpha value is -1.01. The van der Waals surface area contributed by atoms with Gasteiger partial charge in [0.25, 0.3) is 5.91 Å². The molecule has 1 saturated heterocycles. The minimum Gasteiger partial charge on any atom is -0.326 e. The van der Waals surface area contributed by atoms with E-state index in [1.54, 1.807) is 6.92 Å². The lowest BCUT2D eigenvalue weighted by Gasteiger charge is -2.36. The summed E-state index contributed by atoms with van der Waals surface area (Å²) in [4.78, 5) is 13.3. The molecule has 0 unspecified atom stereocenters. The van der Waals surface area contributed by atoms with Crippen molar-refractivity contribution in [2.75, 3.05) is 13.1 Å². The largest absolute Gasteiger partial charge is 0.326 e. The van der Waals surface area contributed by atoms with Gasteiger partial charge in [-0.1, -0.05) is 5.92 Å². The van der Waals surface area contributed by atoms with Crippen molar-refractivity contribution in [1.82, 2.24) is 10.2 Å². The number of rotatable bonds is 0. The zero-order chi connectivity index (χ0) is 9.84. The van der Waals surface area contributed by atoms with E-state index in [4.69, 9.17) is 0 Å². The van der Waals surface area contributed by atoms with Gasteiger partial charge in [0.05, 0.1) is 0 Å². The van der Waals surface area contributed by atoms with E-state index in [1.807, 2.05) is 11.8 Å². The standard InChI is InChI=1S/C10H16N2O/c1-4-5-10(13)12-7-8(2)11-6-9(12)3/h8-9,11H,6-7H2,1-3H3/t8-,9+/m0/s1. The smallest absolute Gasteiger partial charge is 0.298 e. The van der Waals surface area contributed by atoms with Crippen LogP contribution in [0.25, 0.3) is 0 Å². The second-order valence-corrected chi connectivity index (χ2v) is 3.49. The Morgan fingerprint density at radius 3 is 2.85 bits per heavy atom. The van der Waals surface area contributed by atoms with Crippen LogP contribution in [0.15, 0.2) is 0 Å². The first-order valence-electron chi connectivity index (χ1n) is 4.62. The van der Waals surface area contributed by atoms with Crippen molar-refractivity contribution >= 4 is 5.91 Å². The van der Waals surface area contributed by atoms with Gasteiger partial charge in [-0.25, -0.2) is 0 Å². The average molecular weight is 180 g/mol. The van der Waals surface area contributed by atoms with E-state index < -0.39 is 0 Å². The van der Waals surface area contributed by atoms with Crippen molar-refractivity contribution in [2.24, 2.45) is 0 Å². The molecule has 0 bridgehead atoms. The van der Waals surface area contributed by atoms with E-state index in [1.165, 1.54) is 0 Å². The van der Waals surface area contributed by atoms with Crippen LogP contribution in [0.2, 0.25) is 0 Å². The summed E-state index contributed by atoms with van der Waals surface area (Å²) in [6.45, 7) is 7.42. The Morgan fingerprint density at radius 1 is 1.54 bits per heavy atom. The van der Waals surface area contributed by atoms with Gasteiger partial charge in [0, 0.05) is 25.2 Å². The summed E-state index contributed by atoms with van der Waals surface area (Å²) in [7, 11) is 0. The van der Waals surface area contributed by atoms with Crippen LogP contribution in [0.3, 0.4) is 0 Å². The molecule has 0 aromatic rings. The molecule has 1 aliphatic heterocycles. The molecule has 1 N–H and O–H groups in total. The van der Waals surface area contributed by atoms with E-state index in [-0.39, 0.29) is 11.9 Å². The molecule has 1 heterocycles. The molecule has 0 saturated carbocycles. The molecule has 1 amide bonds. The molecular weight excluding hydrogens is 164 g/mol. The van der Waals surface area contributed by atoms with Gasteiger partial charge in [-0.3, -0.25) is 4.79 Å². The summed E-state index contributed by atoms with van der Waals surface area (Å²) in [6, 6.07) is 0.628. The second kappa shape index (κ2) is 4.29. The minimum atomic E-state index is -0.0525. The lowest BCUT2D eigenvalue weighted by Crippen LogP contribution is -2.56. The number of hydrogen-bond donors (Lipinski definition) is 1. The molecule has 1 rings (SSSR count). The molecule has 0 aliphatic carbocycles. The first-order chi connectivity index (χ1) is 6.15. The van der Waals surface area contributed by atoms with Crippen LogP contribution in [-0.2, 0) is 4.79 Å². The lowest BCUT2D eigenvalue weighted by molar-refractivity contribution is -0.128. The highest BCUT2D eigenvalue weighted by molar-refractivity contribution is 5.93. The van der Waals surface area contributed by atoms with Crippen LogP contribution in [0.5, 0.6) is 0 Å². The van der Waals surface area contributed by atoms with Crippen molar-refractivity contribution in [3.05, 3.63) is 0 Å². The van der Waals surface area contributed by atoms with E-state index in [0.717, 1.165) is 13.1 Å². The molecule has 1 aliphatic rings. The summed E-state index contributed by atoms with van der Waals surface area (Å²) in [6.07, 6.45) is 0. The number of nitrogens with zero attached hydrogens (tertiary/aromatic N) is 1. The Bertz CT molecular complexity index is 251. The second-order valence-electron chi connectivity index (χ2n) is 3.49. The molecule has 0 radical (unpaired) electrons. The fourth-order valence-electron chi connectivity index (χ4n) is 1.48. The highest BCUT2D eigenvalue weighted by atomic mass is 16.2. The van der Waals surface area contributed by atoms with Gasteiger partial charge in [0.1, 0.15) is 0 Å². The number of piperazine rings is 1. The topological polar surface area (TPSA) is 32.3 Å². The van der Waals surface area contributed by atoms with Gasteiger partial charge in [-0.15, -0.1) is 0 Å². The molecule has 0 spiro atoms. The Morgan fingerprint density at radius 2 is 2.23 bits per heavy atom. The van der Waals surface area contributed by atoms with Crippen LogP contribution in [-0.4, -0.2) is 36.0 Å². The SMILES string of the molecule is CC#CC(=O)N1C[C@H](C)NC[C@H]1C. The van der Waals surface area contributed by atoms with Crippen LogP contribution in [0, 0.1) is 11.8 Å². The Kier molecular flexibility index (Phi) is 3.32. The number of amides is 1. The van der Waals surface area contributed by atoms with Crippen molar-refractivity contribution in [3.63, 3.8) is 0 Å². The molecule has 1 fully saturated rings. The highest BCUT2D eigenvalue weighted by Gasteiger charge is 2.25. The van der Waals surface area contributed by atoms with Crippen molar-refractivity contribution < 1.29 is 4.79 Å². The van der Waals surface area contributed by atoms with Gasteiger partial charge in [0.15, 0.2) is 0 Å². The van der Waals surface area contributed by atoms with Crippen LogP contribution in [0.4, 0.5) is 0 Å². The fraction of sp³-hybridized carbons (Fsp3) is 0.700. The predicted octanol–water partition coefficient (Wildman–Crippen LogP) is 0.218. The number of nitrogens with one attached hydrogen (secondary N) is 1. The van der Waals surface area contributed by atoms with Gasteiger partial charge in [0.2, 0.25) is 0 Å². The Balaban J connectivity index is 2.63. The Labute approximate surface area is 79.5 Å². The summed E-state index contributed by atoms with van der Waals surface area (Å²) in [5.41, 5.74) is 0. The van der Waals surface area contributed by atoms with Crippen LogP contribution in [0.1, 0.15) is 20.8 Å². The van der Waals surface area contributed by atoms with Gasteiger partial charge in [-0.05, 0) is 26.7 Å². The molecule has 3 heteroatoms. The van der Waals surface area contributed by atoms with Gasteiger partial charge < -0.3 is 10.2 Å². The fourth-order valence-corrected chi connectivity index (χ4v) is 1.48. The van der Waals surface area contributed by atoms with Gasteiger partial charge in [-0.2, -0.15) is 0 Å². The average Bonchev–Trinajstić information content (AvgIpc) is 2.09. The molecule has 13 heavy (non-hydrogen) atoms.